The first-order valence-electron chi connectivity index (χ1n) is 6.45. The second kappa shape index (κ2) is 6.99. The summed E-state index contributed by atoms with van der Waals surface area (Å²) in [4.78, 5) is 14.5. The molecule has 1 heterocycles. The van der Waals surface area contributed by atoms with Crippen molar-refractivity contribution in [2.45, 2.75) is 46.1 Å². The molecular formula is C14H22N2O2. The molecule has 1 atom stereocenters. The van der Waals surface area contributed by atoms with E-state index in [1.165, 1.54) is 18.9 Å². The summed E-state index contributed by atoms with van der Waals surface area (Å²) in [5.41, 5.74) is 0.949. The van der Waals surface area contributed by atoms with Gasteiger partial charge >= 0.3 is 5.97 Å². The standard InChI is InChI=1S/C14H22N2O2/c1-10(2)5-4-6-11(3)16-12-7-8-13(14(17)18)15-9-12/h7-11,16H,4-6H2,1-3H3,(H,17,18). The molecule has 0 radical (unpaired) electrons. The summed E-state index contributed by atoms with van der Waals surface area (Å²) in [7, 11) is 0. The summed E-state index contributed by atoms with van der Waals surface area (Å²) in [6, 6.07) is 3.65. The highest BCUT2D eigenvalue weighted by molar-refractivity contribution is 5.85. The smallest absolute Gasteiger partial charge is 0.354 e. The van der Waals surface area contributed by atoms with Crippen molar-refractivity contribution in [1.82, 2.24) is 4.98 Å². The van der Waals surface area contributed by atoms with Crippen LogP contribution in [0.4, 0.5) is 5.69 Å². The lowest BCUT2D eigenvalue weighted by Gasteiger charge is -2.15. The second-order valence-corrected chi connectivity index (χ2v) is 5.11. The molecule has 1 unspecified atom stereocenters. The summed E-state index contributed by atoms with van der Waals surface area (Å²) in [5.74, 6) is -0.250. The topological polar surface area (TPSA) is 62.2 Å². The fourth-order valence-corrected chi connectivity index (χ4v) is 1.79. The highest BCUT2D eigenvalue weighted by atomic mass is 16.4. The van der Waals surface area contributed by atoms with E-state index in [1.807, 2.05) is 0 Å². The zero-order valence-electron chi connectivity index (χ0n) is 11.3. The highest BCUT2D eigenvalue weighted by Crippen LogP contribution is 2.13. The van der Waals surface area contributed by atoms with E-state index in [2.05, 4.69) is 31.1 Å². The Bertz CT molecular complexity index is 374. The van der Waals surface area contributed by atoms with Crippen molar-refractivity contribution in [3.8, 4) is 0 Å². The molecule has 0 amide bonds. The maximum Gasteiger partial charge on any atom is 0.354 e. The first-order valence-corrected chi connectivity index (χ1v) is 6.45. The number of aromatic nitrogens is 1. The zero-order chi connectivity index (χ0) is 13.5. The van der Waals surface area contributed by atoms with Gasteiger partial charge in [0, 0.05) is 6.04 Å². The summed E-state index contributed by atoms with van der Waals surface area (Å²) >= 11 is 0. The van der Waals surface area contributed by atoms with Crippen molar-refractivity contribution in [3.63, 3.8) is 0 Å². The van der Waals surface area contributed by atoms with Crippen molar-refractivity contribution in [2.75, 3.05) is 5.32 Å². The number of carboxylic acid groups (broad SMARTS) is 1. The average Bonchev–Trinajstić information content (AvgIpc) is 2.29. The van der Waals surface area contributed by atoms with Crippen LogP contribution in [0.15, 0.2) is 18.3 Å². The maximum absolute atomic E-state index is 10.7. The minimum Gasteiger partial charge on any atom is -0.477 e. The molecule has 1 aromatic heterocycles. The number of rotatable bonds is 7. The van der Waals surface area contributed by atoms with Gasteiger partial charge in [-0.1, -0.05) is 26.7 Å². The Kier molecular flexibility index (Phi) is 5.62. The van der Waals surface area contributed by atoms with Crippen LogP contribution in [0.5, 0.6) is 0 Å². The maximum atomic E-state index is 10.7. The first kappa shape index (κ1) is 14.5. The molecule has 0 aliphatic rings. The number of carboxylic acids is 1. The van der Waals surface area contributed by atoms with Gasteiger partial charge in [0.15, 0.2) is 0 Å². The molecule has 0 saturated heterocycles. The van der Waals surface area contributed by atoms with E-state index < -0.39 is 5.97 Å². The van der Waals surface area contributed by atoms with Crippen LogP contribution in [-0.4, -0.2) is 22.1 Å². The first-order chi connectivity index (χ1) is 8.49. The van der Waals surface area contributed by atoms with Gasteiger partial charge in [0.1, 0.15) is 5.69 Å². The molecule has 2 N–H and O–H groups in total. The number of nitrogens with one attached hydrogen (secondary N) is 1. The van der Waals surface area contributed by atoms with E-state index in [1.54, 1.807) is 12.3 Å². The van der Waals surface area contributed by atoms with Crippen LogP contribution in [0.1, 0.15) is 50.5 Å². The van der Waals surface area contributed by atoms with Crippen LogP contribution in [0.3, 0.4) is 0 Å². The summed E-state index contributed by atoms with van der Waals surface area (Å²) < 4.78 is 0. The highest BCUT2D eigenvalue weighted by Gasteiger charge is 2.06. The Hall–Kier alpha value is -1.58. The van der Waals surface area contributed by atoms with Gasteiger partial charge in [0.2, 0.25) is 0 Å². The number of carbonyl (C=O) groups is 1. The van der Waals surface area contributed by atoms with Gasteiger partial charge in [-0.05, 0) is 31.4 Å². The fraction of sp³-hybridized carbons (Fsp3) is 0.571. The molecule has 0 aliphatic heterocycles. The number of hydrogen-bond donors (Lipinski definition) is 2. The van der Waals surface area contributed by atoms with Crippen LogP contribution in [0.2, 0.25) is 0 Å². The average molecular weight is 250 g/mol. The van der Waals surface area contributed by atoms with Gasteiger partial charge in [0.25, 0.3) is 0 Å². The Morgan fingerprint density at radius 1 is 1.33 bits per heavy atom. The largest absolute Gasteiger partial charge is 0.477 e. The van der Waals surface area contributed by atoms with Gasteiger partial charge in [0.05, 0.1) is 11.9 Å². The number of pyridine rings is 1. The van der Waals surface area contributed by atoms with Crippen LogP contribution in [0.25, 0.3) is 0 Å². The second-order valence-electron chi connectivity index (χ2n) is 5.11. The quantitative estimate of drug-likeness (QED) is 0.778. The lowest BCUT2D eigenvalue weighted by atomic mass is 10.0. The summed E-state index contributed by atoms with van der Waals surface area (Å²) in [6.45, 7) is 6.59. The minimum absolute atomic E-state index is 0.0769. The van der Waals surface area contributed by atoms with Gasteiger partial charge in [-0.25, -0.2) is 9.78 Å². The monoisotopic (exact) mass is 250 g/mol. The van der Waals surface area contributed by atoms with E-state index in [-0.39, 0.29) is 5.69 Å². The zero-order valence-corrected chi connectivity index (χ0v) is 11.3. The van der Waals surface area contributed by atoms with E-state index in [0.29, 0.717) is 6.04 Å². The Balaban J connectivity index is 2.39. The van der Waals surface area contributed by atoms with E-state index in [4.69, 9.17) is 5.11 Å². The summed E-state index contributed by atoms with van der Waals surface area (Å²) in [6.07, 6.45) is 5.12. The lowest BCUT2D eigenvalue weighted by molar-refractivity contribution is 0.0690. The van der Waals surface area contributed by atoms with Crippen LogP contribution in [-0.2, 0) is 0 Å². The third-order valence-electron chi connectivity index (χ3n) is 2.81. The molecule has 0 bridgehead atoms. The molecule has 4 heteroatoms. The van der Waals surface area contributed by atoms with Crippen molar-refractivity contribution >= 4 is 11.7 Å². The number of hydrogen-bond acceptors (Lipinski definition) is 3. The molecule has 18 heavy (non-hydrogen) atoms. The van der Waals surface area contributed by atoms with E-state index >= 15 is 0 Å². The van der Waals surface area contributed by atoms with E-state index in [9.17, 15) is 4.79 Å². The fourth-order valence-electron chi connectivity index (χ4n) is 1.79. The summed E-state index contributed by atoms with van der Waals surface area (Å²) in [5, 5.41) is 12.1. The SMILES string of the molecule is CC(C)CCCC(C)Nc1ccc(C(=O)O)nc1. The molecule has 100 valence electrons. The van der Waals surface area contributed by atoms with Crippen molar-refractivity contribution in [3.05, 3.63) is 24.0 Å². The van der Waals surface area contributed by atoms with Crippen molar-refractivity contribution in [1.29, 1.82) is 0 Å². The third kappa shape index (κ3) is 5.17. The molecule has 0 fully saturated rings. The van der Waals surface area contributed by atoms with E-state index in [0.717, 1.165) is 18.0 Å². The molecule has 1 aromatic rings. The van der Waals surface area contributed by atoms with Gasteiger partial charge in [-0.2, -0.15) is 0 Å². The normalized spacial score (nSPS) is 12.4. The molecule has 1 rings (SSSR count). The van der Waals surface area contributed by atoms with Crippen LogP contribution < -0.4 is 5.32 Å². The number of aromatic carboxylic acids is 1. The van der Waals surface area contributed by atoms with Crippen LogP contribution >= 0.6 is 0 Å². The van der Waals surface area contributed by atoms with Gasteiger partial charge < -0.3 is 10.4 Å². The van der Waals surface area contributed by atoms with Crippen molar-refractivity contribution in [2.24, 2.45) is 5.92 Å². The minimum atomic E-state index is -0.994. The molecule has 4 nitrogen and oxygen atoms in total. The lowest BCUT2D eigenvalue weighted by Crippen LogP contribution is -2.15. The molecule has 0 spiro atoms. The predicted molar refractivity (Wildman–Crippen MR) is 73.0 cm³/mol. The molecule has 0 aromatic carbocycles. The third-order valence-corrected chi connectivity index (χ3v) is 2.81. The number of nitrogens with zero attached hydrogens (tertiary/aromatic N) is 1. The number of anilines is 1. The Morgan fingerprint density at radius 2 is 2.06 bits per heavy atom. The van der Waals surface area contributed by atoms with Gasteiger partial charge in [-0.15, -0.1) is 0 Å². The molecule has 0 saturated carbocycles. The Morgan fingerprint density at radius 3 is 2.56 bits per heavy atom. The van der Waals surface area contributed by atoms with Crippen LogP contribution in [0, 0.1) is 5.92 Å². The molecular weight excluding hydrogens is 228 g/mol. The predicted octanol–water partition coefficient (Wildman–Crippen LogP) is 3.41. The Labute approximate surface area is 108 Å². The van der Waals surface area contributed by atoms with Gasteiger partial charge in [-0.3, -0.25) is 0 Å². The van der Waals surface area contributed by atoms with Crippen molar-refractivity contribution < 1.29 is 9.90 Å². The molecule has 0 aliphatic carbocycles.